The fourth-order valence-corrected chi connectivity index (χ4v) is 2.33. The molecule has 1 heterocycles. The van der Waals surface area contributed by atoms with Crippen molar-refractivity contribution in [1.82, 2.24) is 10.3 Å². The van der Waals surface area contributed by atoms with Crippen LogP contribution in [0.15, 0.2) is 27.8 Å². The Hall–Kier alpha value is -0.590. The molecule has 1 N–H and O–H groups in total. The molecule has 1 unspecified atom stereocenters. The van der Waals surface area contributed by atoms with Crippen LogP contribution in [-0.4, -0.2) is 36.4 Å². The van der Waals surface area contributed by atoms with Gasteiger partial charge in [-0.05, 0) is 34.6 Å². The number of pyridine rings is 1. The van der Waals surface area contributed by atoms with Gasteiger partial charge in [0.2, 0.25) is 0 Å². The third kappa shape index (κ3) is 5.06. The van der Waals surface area contributed by atoms with Crippen LogP contribution in [0.2, 0.25) is 0 Å². The molecule has 0 aliphatic carbocycles. The number of rotatable bonds is 6. The smallest absolute Gasteiger partial charge is 0.323 e. The molecule has 94 valence electrons. The number of ether oxygens (including phenoxy) is 1. The van der Waals surface area contributed by atoms with Crippen LogP contribution in [-0.2, 0) is 9.53 Å². The van der Waals surface area contributed by atoms with Gasteiger partial charge in [-0.25, -0.2) is 4.98 Å². The van der Waals surface area contributed by atoms with Gasteiger partial charge < -0.3 is 10.1 Å². The van der Waals surface area contributed by atoms with E-state index in [4.69, 9.17) is 4.74 Å². The number of likely N-dealkylation sites (N-methyl/N-ethyl adjacent to an activating group) is 1. The van der Waals surface area contributed by atoms with Crippen molar-refractivity contribution in [2.45, 2.75) is 18.0 Å². The first-order valence-corrected chi connectivity index (χ1v) is 7.00. The van der Waals surface area contributed by atoms with Gasteiger partial charge in [0, 0.05) is 16.4 Å². The summed E-state index contributed by atoms with van der Waals surface area (Å²) in [7, 11) is 1.40. The average Bonchev–Trinajstić information content (AvgIpc) is 2.35. The molecule has 0 aliphatic rings. The number of nitrogens with one attached hydrogen (secondary N) is 1. The molecular formula is C11H15BrN2O2S. The van der Waals surface area contributed by atoms with Crippen molar-refractivity contribution in [3.63, 3.8) is 0 Å². The SMILES string of the molecule is CCNC(CSc1ccc(Br)cn1)C(=O)OC. The summed E-state index contributed by atoms with van der Waals surface area (Å²) in [4.78, 5) is 15.7. The first-order chi connectivity index (χ1) is 8.17. The number of esters is 1. The Kier molecular flexibility index (Phi) is 6.54. The maximum absolute atomic E-state index is 11.5. The van der Waals surface area contributed by atoms with Crippen LogP contribution in [0, 0.1) is 0 Å². The van der Waals surface area contributed by atoms with E-state index in [-0.39, 0.29) is 12.0 Å². The Labute approximate surface area is 114 Å². The van der Waals surface area contributed by atoms with E-state index in [1.807, 2.05) is 19.1 Å². The topological polar surface area (TPSA) is 51.2 Å². The van der Waals surface area contributed by atoms with E-state index in [2.05, 4.69) is 26.2 Å². The number of hydrogen-bond acceptors (Lipinski definition) is 5. The fourth-order valence-electron chi connectivity index (χ4n) is 1.22. The molecule has 0 aromatic carbocycles. The second-order valence-electron chi connectivity index (χ2n) is 3.26. The van der Waals surface area contributed by atoms with Gasteiger partial charge in [-0.1, -0.05) is 6.92 Å². The van der Waals surface area contributed by atoms with Crippen molar-refractivity contribution in [2.75, 3.05) is 19.4 Å². The number of carbonyl (C=O) groups is 1. The summed E-state index contributed by atoms with van der Waals surface area (Å²) >= 11 is 4.85. The lowest BCUT2D eigenvalue weighted by molar-refractivity contribution is -0.142. The Morgan fingerprint density at radius 2 is 2.41 bits per heavy atom. The summed E-state index contributed by atoms with van der Waals surface area (Å²) in [5.41, 5.74) is 0. The van der Waals surface area contributed by atoms with Gasteiger partial charge in [0.25, 0.3) is 0 Å². The van der Waals surface area contributed by atoms with Crippen LogP contribution in [0.25, 0.3) is 0 Å². The van der Waals surface area contributed by atoms with Crippen LogP contribution in [0.3, 0.4) is 0 Å². The van der Waals surface area contributed by atoms with Gasteiger partial charge in [0.1, 0.15) is 6.04 Å². The van der Waals surface area contributed by atoms with E-state index >= 15 is 0 Å². The molecular weight excluding hydrogens is 304 g/mol. The standard InChI is InChI=1S/C11H15BrN2O2S/c1-3-13-9(11(15)16-2)7-17-10-5-4-8(12)6-14-10/h4-6,9,13H,3,7H2,1-2H3. The normalized spacial score (nSPS) is 12.2. The van der Waals surface area contributed by atoms with Crippen molar-refractivity contribution in [3.05, 3.63) is 22.8 Å². The molecule has 17 heavy (non-hydrogen) atoms. The highest BCUT2D eigenvalue weighted by Gasteiger charge is 2.18. The molecule has 1 aromatic rings. The van der Waals surface area contributed by atoms with Crippen LogP contribution in [0.1, 0.15) is 6.92 Å². The van der Waals surface area contributed by atoms with E-state index in [1.165, 1.54) is 18.9 Å². The Morgan fingerprint density at radius 1 is 1.65 bits per heavy atom. The number of hydrogen-bond donors (Lipinski definition) is 1. The highest BCUT2D eigenvalue weighted by Crippen LogP contribution is 2.18. The molecule has 1 aromatic heterocycles. The van der Waals surface area contributed by atoms with Gasteiger partial charge >= 0.3 is 5.97 Å². The van der Waals surface area contributed by atoms with E-state index in [9.17, 15) is 4.79 Å². The minimum atomic E-state index is -0.291. The van der Waals surface area contributed by atoms with Crippen molar-refractivity contribution in [2.24, 2.45) is 0 Å². The van der Waals surface area contributed by atoms with Crippen molar-refractivity contribution >= 4 is 33.7 Å². The zero-order chi connectivity index (χ0) is 12.7. The van der Waals surface area contributed by atoms with Gasteiger partial charge in [-0.15, -0.1) is 11.8 Å². The summed E-state index contributed by atoms with van der Waals surface area (Å²) in [6.45, 7) is 2.69. The molecule has 0 saturated carbocycles. The predicted octanol–water partition coefficient (Wildman–Crippen LogP) is 2.09. The molecule has 0 amide bonds. The van der Waals surface area contributed by atoms with E-state index in [0.717, 1.165) is 16.0 Å². The highest BCUT2D eigenvalue weighted by molar-refractivity contribution is 9.10. The van der Waals surface area contributed by atoms with Crippen molar-refractivity contribution < 1.29 is 9.53 Å². The number of nitrogens with zero attached hydrogens (tertiary/aromatic N) is 1. The number of halogens is 1. The summed E-state index contributed by atoms with van der Waals surface area (Å²) in [6, 6.07) is 3.55. The van der Waals surface area contributed by atoms with E-state index in [0.29, 0.717) is 5.75 Å². The largest absolute Gasteiger partial charge is 0.468 e. The molecule has 4 nitrogen and oxygen atoms in total. The molecule has 6 heteroatoms. The van der Waals surface area contributed by atoms with Gasteiger partial charge in [-0.2, -0.15) is 0 Å². The van der Waals surface area contributed by atoms with Crippen molar-refractivity contribution in [1.29, 1.82) is 0 Å². The molecule has 0 fully saturated rings. The second kappa shape index (κ2) is 7.68. The average molecular weight is 319 g/mol. The van der Waals surface area contributed by atoms with Gasteiger partial charge in [-0.3, -0.25) is 4.79 Å². The van der Waals surface area contributed by atoms with Crippen LogP contribution in [0.5, 0.6) is 0 Å². The fraction of sp³-hybridized carbons (Fsp3) is 0.455. The third-order valence-electron chi connectivity index (χ3n) is 2.03. The minimum absolute atomic E-state index is 0.239. The molecule has 0 radical (unpaired) electrons. The molecule has 1 atom stereocenters. The summed E-state index contributed by atoms with van der Waals surface area (Å²) in [5.74, 6) is 0.367. The van der Waals surface area contributed by atoms with Crippen molar-refractivity contribution in [3.8, 4) is 0 Å². The number of carbonyl (C=O) groups excluding carboxylic acids is 1. The Morgan fingerprint density at radius 3 is 2.94 bits per heavy atom. The summed E-state index contributed by atoms with van der Waals surface area (Å²) < 4.78 is 5.67. The number of aromatic nitrogens is 1. The maximum Gasteiger partial charge on any atom is 0.323 e. The molecule has 0 saturated heterocycles. The quantitative estimate of drug-likeness (QED) is 0.643. The number of methoxy groups -OCH3 is 1. The molecule has 0 bridgehead atoms. The zero-order valence-corrected chi connectivity index (χ0v) is 12.2. The molecule has 0 aliphatic heterocycles. The number of thioether (sulfide) groups is 1. The lowest BCUT2D eigenvalue weighted by Crippen LogP contribution is -2.39. The predicted molar refractivity (Wildman–Crippen MR) is 72.1 cm³/mol. The highest BCUT2D eigenvalue weighted by atomic mass is 79.9. The van der Waals surface area contributed by atoms with Crippen LogP contribution >= 0.6 is 27.7 Å². The first-order valence-electron chi connectivity index (χ1n) is 5.23. The van der Waals surface area contributed by atoms with E-state index < -0.39 is 0 Å². The van der Waals surface area contributed by atoms with Gasteiger partial charge in [0.05, 0.1) is 12.1 Å². The minimum Gasteiger partial charge on any atom is -0.468 e. The first kappa shape index (κ1) is 14.5. The van der Waals surface area contributed by atoms with Gasteiger partial charge in [0.15, 0.2) is 0 Å². The van der Waals surface area contributed by atoms with Crippen LogP contribution < -0.4 is 5.32 Å². The van der Waals surface area contributed by atoms with Crippen LogP contribution in [0.4, 0.5) is 0 Å². The second-order valence-corrected chi connectivity index (χ2v) is 5.22. The lowest BCUT2D eigenvalue weighted by atomic mass is 10.3. The molecule has 1 rings (SSSR count). The Balaban J connectivity index is 2.51. The lowest BCUT2D eigenvalue weighted by Gasteiger charge is -2.14. The maximum atomic E-state index is 11.5. The molecule has 0 spiro atoms. The monoisotopic (exact) mass is 318 g/mol. The zero-order valence-electron chi connectivity index (χ0n) is 9.77. The summed E-state index contributed by atoms with van der Waals surface area (Å²) in [5, 5.41) is 3.97. The third-order valence-corrected chi connectivity index (χ3v) is 3.54. The summed E-state index contributed by atoms with van der Waals surface area (Å²) in [6.07, 6.45) is 1.74. The Bertz CT molecular complexity index is 359. The van der Waals surface area contributed by atoms with E-state index in [1.54, 1.807) is 6.20 Å².